The third-order valence-corrected chi connectivity index (χ3v) is 2.83. The molecular formula is C8H8F2N2O4S. The third-order valence-electron chi connectivity index (χ3n) is 1.80. The minimum Gasteiger partial charge on any atom is -0.478 e. The largest absolute Gasteiger partial charge is 0.478 e. The number of nitrogens with one attached hydrogen (secondary N) is 2. The van der Waals surface area contributed by atoms with Crippen LogP contribution in [0.15, 0.2) is 12.1 Å². The van der Waals surface area contributed by atoms with Crippen molar-refractivity contribution in [2.45, 2.75) is 0 Å². The molecule has 0 aliphatic rings. The molecule has 9 heteroatoms. The Morgan fingerprint density at radius 2 is 1.88 bits per heavy atom. The Morgan fingerprint density at radius 3 is 2.35 bits per heavy atom. The van der Waals surface area contributed by atoms with E-state index in [1.165, 1.54) is 0 Å². The van der Waals surface area contributed by atoms with Crippen molar-refractivity contribution in [2.75, 3.05) is 11.8 Å². The molecule has 6 nitrogen and oxygen atoms in total. The van der Waals surface area contributed by atoms with E-state index in [4.69, 9.17) is 5.11 Å². The molecule has 17 heavy (non-hydrogen) atoms. The maximum absolute atomic E-state index is 13.2. The number of aromatic carboxylic acids is 1. The van der Waals surface area contributed by atoms with Crippen LogP contribution < -0.4 is 9.44 Å². The molecule has 1 rings (SSSR count). The second-order valence-electron chi connectivity index (χ2n) is 2.93. The van der Waals surface area contributed by atoms with Crippen LogP contribution in [0.25, 0.3) is 0 Å². The standard InChI is InChI=1S/C8H8F2N2O4S/c1-11-17(15,16)12-7-2-4(8(13)14)5(9)3-6(7)10/h2-3,11-12H,1H3,(H,13,14). The molecule has 1 aromatic carbocycles. The fraction of sp³-hybridized carbons (Fsp3) is 0.125. The van der Waals surface area contributed by atoms with Gasteiger partial charge in [-0.25, -0.2) is 18.3 Å². The van der Waals surface area contributed by atoms with Crippen LogP contribution in [0.4, 0.5) is 14.5 Å². The van der Waals surface area contributed by atoms with E-state index in [9.17, 15) is 22.0 Å². The first-order valence-corrected chi connectivity index (χ1v) is 5.69. The molecule has 0 saturated heterocycles. The van der Waals surface area contributed by atoms with Crippen LogP contribution in [0.3, 0.4) is 0 Å². The fourth-order valence-electron chi connectivity index (χ4n) is 0.987. The van der Waals surface area contributed by atoms with Crippen molar-refractivity contribution in [3.8, 4) is 0 Å². The van der Waals surface area contributed by atoms with Crippen molar-refractivity contribution in [3.63, 3.8) is 0 Å². The monoisotopic (exact) mass is 266 g/mol. The number of carbonyl (C=O) groups is 1. The average molecular weight is 266 g/mol. The summed E-state index contributed by atoms with van der Waals surface area (Å²) in [6.45, 7) is 0. The van der Waals surface area contributed by atoms with Crippen LogP contribution in [0.5, 0.6) is 0 Å². The first-order valence-electron chi connectivity index (χ1n) is 4.20. The van der Waals surface area contributed by atoms with Gasteiger partial charge in [0.25, 0.3) is 10.2 Å². The normalized spacial score (nSPS) is 11.2. The van der Waals surface area contributed by atoms with Crippen LogP contribution in [-0.4, -0.2) is 26.5 Å². The summed E-state index contributed by atoms with van der Waals surface area (Å²) in [6, 6.07) is 0.846. The minimum atomic E-state index is -4.01. The molecule has 0 heterocycles. The number of benzene rings is 1. The van der Waals surface area contributed by atoms with Gasteiger partial charge in [0.2, 0.25) is 0 Å². The van der Waals surface area contributed by atoms with E-state index < -0.39 is 39.1 Å². The first kappa shape index (κ1) is 13.3. The van der Waals surface area contributed by atoms with Crippen LogP contribution in [0.2, 0.25) is 0 Å². The fourth-order valence-corrected chi connectivity index (χ4v) is 1.53. The Balaban J connectivity index is 3.26. The molecule has 94 valence electrons. The van der Waals surface area contributed by atoms with Crippen molar-refractivity contribution in [3.05, 3.63) is 29.3 Å². The molecular weight excluding hydrogens is 258 g/mol. The Labute approximate surface area is 95.4 Å². The van der Waals surface area contributed by atoms with Gasteiger partial charge in [-0.3, -0.25) is 4.72 Å². The van der Waals surface area contributed by atoms with Gasteiger partial charge in [-0.05, 0) is 6.07 Å². The Morgan fingerprint density at radius 1 is 1.29 bits per heavy atom. The maximum atomic E-state index is 13.2. The summed E-state index contributed by atoms with van der Waals surface area (Å²) >= 11 is 0. The van der Waals surface area contributed by atoms with E-state index in [2.05, 4.69) is 0 Å². The van der Waals surface area contributed by atoms with Gasteiger partial charge in [0.1, 0.15) is 11.6 Å². The molecule has 0 aromatic heterocycles. The van der Waals surface area contributed by atoms with Crippen LogP contribution >= 0.6 is 0 Å². The average Bonchev–Trinajstić information content (AvgIpc) is 2.21. The molecule has 0 amide bonds. The van der Waals surface area contributed by atoms with Crippen molar-refractivity contribution in [1.29, 1.82) is 0 Å². The molecule has 0 aliphatic heterocycles. The molecule has 1 aromatic rings. The van der Waals surface area contributed by atoms with Crippen molar-refractivity contribution in [2.24, 2.45) is 0 Å². The summed E-state index contributed by atoms with van der Waals surface area (Å²) in [4.78, 5) is 10.6. The van der Waals surface area contributed by atoms with Gasteiger partial charge in [0.15, 0.2) is 0 Å². The highest BCUT2D eigenvalue weighted by molar-refractivity contribution is 7.90. The molecule has 0 atom stereocenters. The second kappa shape index (κ2) is 4.63. The van der Waals surface area contributed by atoms with E-state index in [1.807, 2.05) is 4.72 Å². The van der Waals surface area contributed by atoms with Gasteiger partial charge in [-0.15, -0.1) is 0 Å². The second-order valence-corrected chi connectivity index (χ2v) is 4.55. The van der Waals surface area contributed by atoms with Gasteiger partial charge in [-0.2, -0.15) is 8.42 Å². The van der Waals surface area contributed by atoms with Crippen molar-refractivity contribution in [1.82, 2.24) is 4.72 Å². The zero-order chi connectivity index (χ0) is 13.2. The predicted octanol–water partition coefficient (Wildman–Crippen LogP) is 0.539. The molecule has 0 unspecified atom stereocenters. The molecule has 0 fully saturated rings. The van der Waals surface area contributed by atoms with E-state index in [0.717, 1.165) is 7.05 Å². The summed E-state index contributed by atoms with van der Waals surface area (Å²) in [6.07, 6.45) is 0. The Kier molecular flexibility index (Phi) is 3.63. The maximum Gasteiger partial charge on any atom is 0.338 e. The topological polar surface area (TPSA) is 95.5 Å². The Hall–Kier alpha value is -1.74. The lowest BCUT2D eigenvalue weighted by Gasteiger charge is -2.08. The van der Waals surface area contributed by atoms with Crippen molar-refractivity contribution >= 4 is 21.9 Å². The van der Waals surface area contributed by atoms with Gasteiger partial charge in [-0.1, -0.05) is 0 Å². The molecule has 0 radical (unpaired) electrons. The zero-order valence-electron chi connectivity index (χ0n) is 8.49. The highest BCUT2D eigenvalue weighted by atomic mass is 32.2. The van der Waals surface area contributed by atoms with Crippen LogP contribution in [0, 0.1) is 11.6 Å². The van der Waals surface area contributed by atoms with E-state index in [-0.39, 0.29) is 6.07 Å². The minimum absolute atomic E-state index is 0.289. The van der Waals surface area contributed by atoms with Gasteiger partial charge >= 0.3 is 5.97 Å². The lowest BCUT2D eigenvalue weighted by Crippen LogP contribution is -2.27. The molecule has 3 N–H and O–H groups in total. The van der Waals surface area contributed by atoms with Crippen LogP contribution in [0.1, 0.15) is 10.4 Å². The quantitative estimate of drug-likeness (QED) is 0.741. The molecule has 0 aliphatic carbocycles. The summed E-state index contributed by atoms with van der Waals surface area (Å²) in [5.74, 6) is -4.14. The lowest BCUT2D eigenvalue weighted by molar-refractivity contribution is 0.0692. The van der Waals surface area contributed by atoms with E-state index >= 15 is 0 Å². The van der Waals surface area contributed by atoms with Crippen LogP contribution in [-0.2, 0) is 10.2 Å². The predicted molar refractivity (Wildman–Crippen MR) is 54.9 cm³/mol. The summed E-state index contributed by atoms with van der Waals surface area (Å²) < 4.78 is 51.8. The number of carboxylic acids is 1. The summed E-state index contributed by atoms with van der Waals surface area (Å²) in [7, 11) is -2.93. The highest BCUT2D eigenvalue weighted by Gasteiger charge is 2.17. The van der Waals surface area contributed by atoms with Gasteiger partial charge in [0.05, 0.1) is 11.3 Å². The van der Waals surface area contributed by atoms with Gasteiger partial charge in [0, 0.05) is 13.1 Å². The number of anilines is 1. The number of halogens is 2. The summed E-state index contributed by atoms with van der Waals surface area (Å²) in [5.41, 5.74) is -1.49. The third kappa shape index (κ3) is 3.11. The number of hydrogen-bond donors (Lipinski definition) is 3. The molecule has 0 saturated carbocycles. The van der Waals surface area contributed by atoms with E-state index in [0.29, 0.717) is 6.07 Å². The number of carboxylic acid groups (broad SMARTS) is 1. The zero-order valence-corrected chi connectivity index (χ0v) is 9.31. The Bertz CT molecular complexity index is 559. The number of rotatable bonds is 4. The molecule has 0 bridgehead atoms. The SMILES string of the molecule is CNS(=O)(=O)Nc1cc(C(=O)O)c(F)cc1F. The van der Waals surface area contributed by atoms with Gasteiger partial charge < -0.3 is 5.11 Å². The van der Waals surface area contributed by atoms with E-state index in [1.54, 1.807) is 4.72 Å². The van der Waals surface area contributed by atoms with Crippen molar-refractivity contribution < 1.29 is 27.1 Å². The smallest absolute Gasteiger partial charge is 0.338 e. The lowest BCUT2D eigenvalue weighted by atomic mass is 10.2. The molecule has 0 spiro atoms. The first-order chi connectivity index (χ1) is 7.76. The number of hydrogen-bond acceptors (Lipinski definition) is 3. The summed E-state index contributed by atoms with van der Waals surface area (Å²) in [5, 5.41) is 8.58. The highest BCUT2D eigenvalue weighted by Crippen LogP contribution is 2.20.